The lowest BCUT2D eigenvalue weighted by atomic mass is 10.1. The topological polar surface area (TPSA) is 44.8 Å². The van der Waals surface area contributed by atoms with Gasteiger partial charge in [0.15, 0.2) is 0 Å². The summed E-state index contributed by atoms with van der Waals surface area (Å²) in [6, 6.07) is 5.68. The first-order valence-corrected chi connectivity index (χ1v) is 8.20. The van der Waals surface area contributed by atoms with Crippen LogP contribution < -0.4 is 5.32 Å². The highest BCUT2D eigenvalue weighted by molar-refractivity contribution is 6.31. The van der Waals surface area contributed by atoms with Gasteiger partial charge in [0.25, 0.3) is 5.91 Å². The zero-order chi connectivity index (χ0) is 15.4. The Morgan fingerprint density at radius 1 is 1.18 bits per heavy atom. The number of benzene rings is 1. The molecule has 1 N–H and O–H groups in total. The molecular weight excluding hydrogens is 302 g/mol. The van der Waals surface area contributed by atoms with Gasteiger partial charge in [-0.15, -0.1) is 0 Å². The predicted octanol–water partition coefficient (Wildman–Crippen LogP) is 1.22. The van der Waals surface area contributed by atoms with Crippen molar-refractivity contribution in [3.8, 4) is 0 Å². The van der Waals surface area contributed by atoms with Crippen LogP contribution in [-0.4, -0.2) is 68.2 Å². The summed E-state index contributed by atoms with van der Waals surface area (Å²) in [6.45, 7) is 7.47. The fourth-order valence-electron chi connectivity index (χ4n) is 2.87. The first-order chi connectivity index (χ1) is 10.7. The van der Waals surface area contributed by atoms with E-state index in [0.717, 1.165) is 38.3 Å². The number of ether oxygens (including phenoxy) is 1. The number of hydrogen-bond acceptors (Lipinski definition) is 4. The van der Waals surface area contributed by atoms with Crippen molar-refractivity contribution in [3.63, 3.8) is 0 Å². The fourth-order valence-corrected chi connectivity index (χ4v) is 3.11. The van der Waals surface area contributed by atoms with Gasteiger partial charge < -0.3 is 15.0 Å². The van der Waals surface area contributed by atoms with Crippen LogP contribution in [0, 0.1) is 0 Å². The molecule has 0 aromatic heterocycles. The number of carbonyl (C=O) groups is 1. The largest absolute Gasteiger partial charge is 0.378 e. The zero-order valence-corrected chi connectivity index (χ0v) is 13.4. The molecule has 5 nitrogen and oxygen atoms in total. The van der Waals surface area contributed by atoms with Crippen molar-refractivity contribution in [2.24, 2.45) is 0 Å². The molecule has 0 saturated carbocycles. The molecule has 2 aliphatic rings. The van der Waals surface area contributed by atoms with Gasteiger partial charge >= 0.3 is 0 Å². The smallest absolute Gasteiger partial charge is 0.254 e. The van der Waals surface area contributed by atoms with E-state index in [-0.39, 0.29) is 5.91 Å². The van der Waals surface area contributed by atoms with E-state index in [4.69, 9.17) is 16.3 Å². The van der Waals surface area contributed by atoms with Crippen LogP contribution in [0.25, 0.3) is 0 Å². The van der Waals surface area contributed by atoms with Gasteiger partial charge in [-0.25, -0.2) is 0 Å². The van der Waals surface area contributed by atoms with Crippen LogP contribution in [0.3, 0.4) is 0 Å². The van der Waals surface area contributed by atoms with Crippen molar-refractivity contribution >= 4 is 17.5 Å². The van der Waals surface area contributed by atoms with E-state index in [2.05, 4.69) is 10.2 Å². The van der Waals surface area contributed by atoms with E-state index in [9.17, 15) is 4.79 Å². The molecule has 120 valence electrons. The van der Waals surface area contributed by atoms with Gasteiger partial charge in [0.1, 0.15) is 0 Å². The van der Waals surface area contributed by atoms with E-state index in [1.54, 1.807) is 6.07 Å². The fraction of sp³-hybridized carbons (Fsp3) is 0.562. The van der Waals surface area contributed by atoms with Gasteiger partial charge in [-0.05, 0) is 17.7 Å². The number of nitrogens with one attached hydrogen (secondary N) is 1. The number of rotatable bonds is 3. The van der Waals surface area contributed by atoms with E-state index in [0.29, 0.717) is 36.9 Å². The molecule has 0 spiro atoms. The molecule has 2 aliphatic heterocycles. The van der Waals surface area contributed by atoms with E-state index >= 15 is 0 Å². The maximum atomic E-state index is 12.4. The second-order valence-electron chi connectivity index (χ2n) is 5.74. The van der Waals surface area contributed by atoms with Gasteiger partial charge in [-0.3, -0.25) is 9.69 Å². The van der Waals surface area contributed by atoms with Gasteiger partial charge in [-0.1, -0.05) is 17.7 Å². The third-order valence-corrected chi connectivity index (χ3v) is 4.55. The number of nitrogens with zero attached hydrogens (tertiary/aromatic N) is 2. The van der Waals surface area contributed by atoms with Crippen LogP contribution in [0.4, 0.5) is 0 Å². The lowest BCUT2D eigenvalue weighted by Crippen LogP contribution is -2.43. The molecular formula is C16H22ClN3O2. The van der Waals surface area contributed by atoms with E-state index in [1.807, 2.05) is 17.0 Å². The van der Waals surface area contributed by atoms with Crippen molar-refractivity contribution in [1.82, 2.24) is 15.1 Å². The Morgan fingerprint density at radius 3 is 2.59 bits per heavy atom. The Balaban J connectivity index is 1.67. The number of halogens is 1. The lowest BCUT2D eigenvalue weighted by Gasteiger charge is -2.28. The average molecular weight is 324 g/mol. The Kier molecular flexibility index (Phi) is 5.31. The SMILES string of the molecule is O=C(c1ccc(CN2CCNCC2)c(Cl)c1)N1CCOCC1. The average Bonchev–Trinajstić information content (AvgIpc) is 2.58. The van der Waals surface area contributed by atoms with Crippen LogP contribution in [0.15, 0.2) is 18.2 Å². The van der Waals surface area contributed by atoms with Gasteiger partial charge in [0.05, 0.1) is 13.2 Å². The molecule has 1 aromatic carbocycles. The molecule has 1 aromatic rings. The number of amides is 1. The van der Waals surface area contributed by atoms with Crippen molar-refractivity contribution < 1.29 is 9.53 Å². The van der Waals surface area contributed by atoms with Gasteiger partial charge in [0, 0.05) is 56.4 Å². The lowest BCUT2D eigenvalue weighted by molar-refractivity contribution is 0.0303. The molecule has 22 heavy (non-hydrogen) atoms. The summed E-state index contributed by atoms with van der Waals surface area (Å²) in [7, 11) is 0. The number of piperazine rings is 1. The van der Waals surface area contributed by atoms with Crippen molar-refractivity contribution in [1.29, 1.82) is 0 Å². The third kappa shape index (κ3) is 3.79. The summed E-state index contributed by atoms with van der Waals surface area (Å²) < 4.78 is 5.28. The second-order valence-corrected chi connectivity index (χ2v) is 6.14. The van der Waals surface area contributed by atoms with Crippen LogP contribution in [0.2, 0.25) is 5.02 Å². The minimum atomic E-state index is 0.0407. The summed E-state index contributed by atoms with van der Waals surface area (Å²) in [5.41, 5.74) is 1.75. The second kappa shape index (κ2) is 7.42. The monoisotopic (exact) mass is 323 g/mol. The molecule has 6 heteroatoms. The quantitative estimate of drug-likeness (QED) is 0.908. The summed E-state index contributed by atoms with van der Waals surface area (Å²) in [4.78, 5) is 16.6. The minimum absolute atomic E-state index is 0.0407. The van der Waals surface area contributed by atoms with Crippen molar-refractivity contribution in [2.75, 3.05) is 52.5 Å². The summed E-state index contributed by atoms with van der Waals surface area (Å²) in [5, 5.41) is 4.02. The summed E-state index contributed by atoms with van der Waals surface area (Å²) >= 11 is 6.39. The highest BCUT2D eigenvalue weighted by Gasteiger charge is 2.19. The Bertz CT molecular complexity index is 526. The Hall–Kier alpha value is -1.14. The highest BCUT2D eigenvalue weighted by atomic mass is 35.5. The van der Waals surface area contributed by atoms with Crippen LogP contribution >= 0.6 is 11.6 Å². The van der Waals surface area contributed by atoms with Gasteiger partial charge in [-0.2, -0.15) is 0 Å². The standard InChI is InChI=1S/C16H22ClN3O2/c17-15-11-13(16(21)20-7-9-22-10-8-20)1-2-14(15)12-19-5-3-18-4-6-19/h1-2,11,18H,3-10,12H2. The first kappa shape index (κ1) is 15.7. The number of carbonyl (C=O) groups excluding carboxylic acids is 1. The summed E-state index contributed by atoms with van der Waals surface area (Å²) in [6.07, 6.45) is 0. The van der Waals surface area contributed by atoms with Crippen LogP contribution in [-0.2, 0) is 11.3 Å². The molecule has 2 saturated heterocycles. The molecule has 0 atom stereocenters. The zero-order valence-electron chi connectivity index (χ0n) is 12.7. The molecule has 0 unspecified atom stereocenters. The molecule has 0 aliphatic carbocycles. The van der Waals surface area contributed by atoms with Gasteiger partial charge in [0.2, 0.25) is 0 Å². The maximum Gasteiger partial charge on any atom is 0.254 e. The molecule has 0 bridgehead atoms. The summed E-state index contributed by atoms with van der Waals surface area (Å²) in [5.74, 6) is 0.0407. The Labute approximate surface area is 136 Å². The molecule has 2 heterocycles. The van der Waals surface area contributed by atoms with E-state index < -0.39 is 0 Å². The van der Waals surface area contributed by atoms with Crippen LogP contribution in [0.5, 0.6) is 0 Å². The highest BCUT2D eigenvalue weighted by Crippen LogP contribution is 2.21. The normalized spacial score (nSPS) is 20.1. The first-order valence-electron chi connectivity index (χ1n) is 7.82. The van der Waals surface area contributed by atoms with Crippen LogP contribution in [0.1, 0.15) is 15.9 Å². The Morgan fingerprint density at radius 2 is 1.91 bits per heavy atom. The number of hydrogen-bond donors (Lipinski definition) is 1. The predicted molar refractivity (Wildman–Crippen MR) is 86.3 cm³/mol. The minimum Gasteiger partial charge on any atom is -0.378 e. The van der Waals surface area contributed by atoms with E-state index in [1.165, 1.54) is 0 Å². The van der Waals surface area contributed by atoms with Crippen molar-refractivity contribution in [2.45, 2.75) is 6.54 Å². The molecule has 0 radical (unpaired) electrons. The molecule has 3 rings (SSSR count). The third-order valence-electron chi connectivity index (χ3n) is 4.20. The molecule has 2 fully saturated rings. The van der Waals surface area contributed by atoms with Crippen molar-refractivity contribution in [3.05, 3.63) is 34.3 Å². The maximum absolute atomic E-state index is 12.4. The molecule has 1 amide bonds. The number of morpholine rings is 1.